The van der Waals surface area contributed by atoms with Gasteiger partial charge in [-0.25, -0.2) is 4.39 Å². The van der Waals surface area contributed by atoms with E-state index < -0.39 is 6.10 Å². The molecule has 6 nitrogen and oxygen atoms in total. The predicted octanol–water partition coefficient (Wildman–Crippen LogP) is 3.20. The lowest BCUT2D eigenvalue weighted by molar-refractivity contribution is 0.126. The lowest BCUT2D eigenvalue weighted by atomic mass is 10.2. The molecule has 0 aliphatic carbocycles. The highest BCUT2D eigenvalue weighted by Crippen LogP contribution is 2.24. The maximum absolute atomic E-state index is 12.9. The molecule has 2 heterocycles. The van der Waals surface area contributed by atoms with Crippen LogP contribution >= 0.6 is 11.8 Å². The zero-order valence-corrected chi connectivity index (χ0v) is 15.3. The Bertz CT molecular complexity index is 871. The molecular weight excluding hydrogens is 367 g/mol. The van der Waals surface area contributed by atoms with Crippen molar-refractivity contribution in [2.75, 3.05) is 12.4 Å². The van der Waals surface area contributed by atoms with Gasteiger partial charge in [0.1, 0.15) is 18.2 Å². The number of hydrogen-bond acceptors (Lipinski definition) is 6. The Morgan fingerprint density at radius 2 is 1.93 bits per heavy atom. The molecule has 1 N–H and O–H groups in total. The molecule has 0 fully saturated rings. The average Bonchev–Trinajstić information content (AvgIpc) is 3.09. The Morgan fingerprint density at radius 1 is 1.19 bits per heavy atom. The van der Waals surface area contributed by atoms with E-state index in [0.29, 0.717) is 23.2 Å². The van der Waals surface area contributed by atoms with E-state index in [1.165, 1.54) is 36.0 Å². The fraction of sp³-hybridized carbons (Fsp3) is 0.211. The Balaban J connectivity index is 1.60. The SMILES string of the molecule is C=CCn1c(SC[C@@H](O)COc2ccc(F)cc2)nnc1-c1ccncc1. The fourth-order valence-corrected chi connectivity index (χ4v) is 3.20. The summed E-state index contributed by atoms with van der Waals surface area (Å²) in [6.45, 7) is 4.44. The van der Waals surface area contributed by atoms with Crippen LogP contribution in [0, 0.1) is 5.82 Å². The van der Waals surface area contributed by atoms with E-state index in [-0.39, 0.29) is 12.4 Å². The van der Waals surface area contributed by atoms with Gasteiger partial charge in [0.2, 0.25) is 0 Å². The maximum atomic E-state index is 12.9. The van der Waals surface area contributed by atoms with Gasteiger partial charge in [-0.3, -0.25) is 9.55 Å². The Kier molecular flexibility index (Phi) is 6.56. The number of allylic oxidation sites excluding steroid dienone is 1. The number of aliphatic hydroxyl groups excluding tert-OH is 1. The van der Waals surface area contributed by atoms with Crippen LogP contribution in [-0.4, -0.2) is 43.3 Å². The van der Waals surface area contributed by atoms with Gasteiger partial charge in [0.15, 0.2) is 11.0 Å². The Hall–Kier alpha value is -2.71. The minimum atomic E-state index is -0.710. The second-order valence-corrected chi connectivity index (χ2v) is 6.66. The molecule has 2 aromatic heterocycles. The number of rotatable bonds is 9. The molecule has 0 amide bonds. The van der Waals surface area contributed by atoms with Crippen molar-refractivity contribution >= 4 is 11.8 Å². The van der Waals surface area contributed by atoms with E-state index in [2.05, 4.69) is 21.8 Å². The molecule has 27 heavy (non-hydrogen) atoms. The van der Waals surface area contributed by atoms with Crippen molar-refractivity contribution in [3.8, 4) is 17.1 Å². The molecule has 0 saturated carbocycles. The number of thioether (sulfide) groups is 1. The second kappa shape index (κ2) is 9.29. The zero-order chi connectivity index (χ0) is 19.1. The third kappa shape index (κ3) is 5.15. The van der Waals surface area contributed by atoms with Crippen molar-refractivity contribution in [2.45, 2.75) is 17.8 Å². The second-order valence-electron chi connectivity index (χ2n) is 5.67. The summed E-state index contributed by atoms with van der Waals surface area (Å²) in [6, 6.07) is 9.41. The maximum Gasteiger partial charge on any atom is 0.191 e. The minimum absolute atomic E-state index is 0.103. The normalized spacial score (nSPS) is 11.9. The molecule has 0 saturated heterocycles. The van der Waals surface area contributed by atoms with Crippen LogP contribution in [0.4, 0.5) is 4.39 Å². The van der Waals surface area contributed by atoms with Gasteiger partial charge >= 0.3 is 0 Å². The first kappa shape index (κ1) is 19.1. The molecule has 140 valence electrons. The summed E-state index contributed by atoms with van der Waals surface area (Å²) in [5, 5.41) is 19.3. The number of ether oxygens (including phenoxy) is 1. The smallest absolute Gasteiger partial charge is 0.191 e. The Labute approximate surface area is 160 Å². The zero-order valence-electron chi connectivity index (χ0n) is 14.5. The summed E-state index contributed by atoms with van der Waals surface area (Å²) in [4.78, 5) is 4.01. The van der Waals surface area contributed by atoms with Gasteiger partial charge in [0.05, 0.1) is 6.10 Å². The van der Waals surface area contributed by atoms with Crippen molar-refractivity contribution < 1.29 is 14.2 Å². The highest BCUT2D eigenvalue weighted by molar-refractivity contribution is 7.99. The molecule has 0 radical (unpaired) electrons. The largest absolute Gasteiger partial charge is 0.491 e. The monoisotopic (exact) mass is 386 g/mol. The third-order valence-electron chi connectivity index (χ3n) is 3.63. The van der Waals surface area contributed by atoms with Gasteiger partial charge < -0.3 is 9.84 Å². The van der Waals surface area contributed by atoms with Gasteiger partial charge in [-0.15, -0.1) is 16.8 Å². The summed E-state index contributed by atoms with van der Waals surface area (Å²) >= 11 is 1.38. The van der Waals surface area contributed by atoms with E-state index in [1.54, 1.807) is 18.5 Å². The van der Waals surface area contributed by atoms with Crippen LogP contribution in [0.5, 0.6) is 5.75 Å². The quantitative estimate of drug-likeness (QED) is 0.450. The summed E-state index contributed by atoms with van der Waals surface area (Å²) in [6.07, 6.45) is 4.46. The van der Waals surface area contributed by atoms with E-state index in [9.17, 15) is 9.50 Å². The lowest BCUT2D eigenvalue weighted by Crippen LogP contribution is -2.20. The molecule has 0 unspecified atom stereocenters. The van der Waals surface area contributed by atoms with E-state index in [0.717, 1.165) is 11.4 Å². The van der Waals surface area contributed by atoms with E-state index in [4.69, 9.17) is 4.74 Å². The molecule has 3 rings (SSSR count). The van der Waals surface area contributed by atoms with Crippen LogP contribution in [0.2, 0.25) is 0 Å². The van der Waals surface area contributed by atoms with Crippen molar-refractivity contribution in [2.24, 2.45) is 0 Å². The first-order valence-corrected chi connectivity index (χ1v) is 9.29. The number of pyridine rings is 1. The Morgan fingerprint density at radius 3 is 2.63 bits per heavy atom. The standard InChI is InChI=1S/C19H19FN4O2S/c1-2-11-24-18(14-7-9-21-10-8-14)22-23-19(24)27-13-16(25)12-26-17-5-3-15(20)4-6-17/h2-10,16,25H,1,11-13H2/t16-/m0/s1. The van der Waals surface area contributed by atoms with Gasteiger partial charge in [-0.1, -0.05) is 17.8 Å². The van der Waals surface area contributed by atoms with Crippen molar-refractivity contribution in [3.63, 3.8) is 0 Å². The fourth-order valence-electron chi connectivity index (χ4n) is 2.35. The summed E-state index contributed by atoms with van der Waals surface area (Å²) in [7, 11) is 0. The molecular formula is C19H19FN4O2S. The van der Waals surface area contributed by atoms with E-state index in [1.807, 2.05) is 16.7 Å². The molecule has 0 aliphatic heterocycles. The molecule has 0 spiro atoms. The average molecular weight is 386 g/mol. The number of aromatic nitrogens is 4. The first-order chi connectivity index (χ1) is 13.2. The van der Waals surface area contributed by atoms with Crippen LogP contribution < -0.4 is 4.74 Å². The summed E-state index contributed by atoms with van der Waals surface area (Å²) in [5.41, 5.74) is 0.909. The van der Waals surface area contributed by atoms with Crippen LogP contribution in [-0.2, 0) is 6.54 Å². The molecule has 3 aromatic rings. The van der Waals surface area contributed by atoms with Crippen LogP contribution in [0.15, 0.2) is 66.6 Å². The molecule has 1 aromatic carbocycles. The molecule has 0 bridgehead atoms. The number of nitrogens with zero attached hydrogens (tertiary/aromatic N) is 4. The van der Waals surface area contributed by atoms with Gasteiger partial charge in [-0.05, 0) is 36.4 Å². The molecule has 8 heteroatoms. The number of hydrogen-bond donors (Lipinski definition) is 1. The number of aliphatic hydroxyl groups is 1. The number of halogens is 1. The van der Waals surface area contributed by atoms with Crippen molar-refractivity contribution in [1.29, 1.82) is 0 Å². The highest BCUT2D eigenvalue weighted by atomic mass is 32.2. The third-order valence-corrected chi connectivity index (χ3v) is 4.74. The van der Waals surface area contributed by atoms with E-state index >= 15 is 0 Å². The van der Waals surface area contributed by atoms with Gasteiger partial charge in [0.25, 0.3) is 0 Å². The van der Waals surface area contributed by atoms with Crippen LogP contribution in [0.25, 0.3) is 11.4 Å². The summed E-state index contributed by atoms with van der Waals surface area (Å²) in [5.74, 6) is 1.28. The first-order valence-electron chi connectivity index (χ1n) is 8.31. The van der Waals surface area contributed by atoms with Crippen LogP contribution in [0.3, 0.4) is 0 Å². The molecule has 0 aliphatic rings. The highest BCUT2D eigenvalue weighted by Gasteiger charge is 2.15. The van der Waals surface area contributed by atoms with Gasteiger partial charge in [0, 0.05) is 30.3 Å². The topological polar surface area (TPSA) is 73.1 Å². The number of benzene rings is 1. The predicted molar refractivity (Wildman–Crippen MR) is 102 cm³/mol. The minimum Gasteiger partial charge on any atom is -0.491 e. The van der Waals surface area contributed by atoms with Crippen LogP contribution in [0.1, 0.15) is 0 Å². The summed E-state index contributed by atoms with van der Waals surface area (Å²) < 4.78 is 20.3. The van der Waals surface area contributed by atoms with Crippen molar-refractivity contribution in [1.82, 2.24) is 19.7 Å². The molecule has 1 atom stereocenters. The van der Waals surface area contributed by atoms with Crippen molar-refractivity contribution in [3.05, 3.63) is 67.3 Å². The lowest BCUT2D eigenvalue weighted by Gasteiger charge is -2.12. The van der Waals surface area contributed by atoms with Gasteiger partial charge in [-0.2, -0.15) is 0 Å².